The van der Waals surface area contributed by atoms with Crippen LogP contribution in [0.15, 0.2) is 77.0 Å². The Morgan fingerprint density at radius 2 is 2.04 bits per heavy atom. The van der Waals surface area contributed by atoms with E-state index >= 15 is 0 Å². The van der Waals surface area contributed by atoms with Gasteiger partial charge < -0.3 is 10.1 Å². The SMILES string of the molecule is O=C(Nc1cccc(OCc2cc(=O)n3ccccc3n2)c1)c1cccs1. The van der Waals surface area contributed by atoms with Crippen LogP contribution >= 0.6 is 11.3 Å². The van der Waals surface area contributed by atoms with Crippen LogP contribution in [-0.4, -0.2) is 15.3 Å². The average Bonchev–Trinajstić information content (AvgIpc) is 3.22. The van der Waals surface area contributed by atoms with Crippen molar-refractivity contribution in [1.82, 2.24) is 9.38 Å². The molecule has 27 heavy (non-hydrogen) atoms. The first-order valence-corrected chi connectivity index (χ1v) is 9.12. The van der Waals surface area contributed by atoms with E-state index in [-0.39, 0.29) is 18.1 Å². The number of fused-ring (bicyclic) bond motifs is 1. The molecule has 1 N–H and O–H groups in total. The van der Waals surface area contributed by atoms with Gasteiger partial charge in [-0.2, -0.15) is 0 Å². The molecule has 0 unspecified atom stereocenters. The van der Waals surface area contributed by atoms with Gasteiger partial charge in [0.25, 0.3) is 11.5 Å². The fourth-order valence-electron chi connectivity index (χ4n) is 2.60. The number of thiophene rings is 1. The zero-order valence-electron chi connectivity index (χ0n) is 14.2. The zero-order valence-corrected chi connectivity index (χ0v) is 15.0. The van der Waals surface area contributed by atoms with Crippen molar-refractivity contribution in [2.24, 2.45) is 0 Å². The quantitative estimate of drug-likeness (QED) is 0.577. The third-order valence-corrected chi connectivity index (χ3v) is 4.72. The number of ether oxygens (including phenoxy) is 1. The summed E-state index contributed by atoms with van der Waals surface area (Å²) in [7, 11) is 0. The number of anilines is 1. The van der Waals surface area contributed by atoms with Crippen molar-refractivity contribution in [3.63, 3.8) is 0 Å². The highest BCUT2D eigenvalue weighted by Gasteiger charge is 2.08. The fraction of sp³-hybridized carbons (Fsp3) is 0.0500. The number of aromatic nitrogens is 2. The van der Waals surface area contributed by atoms with Crippen LogP contribution in [-0.2, 0) is 6.61 Å². The zero-order chi connectivity index (χ0) is 18.6. The van der Waals surface area contributed by atoms with E-state index in [1.807, 2.05) is 17.5 Å². The highest BCUT2D eigenvalue weighted by molar-refractivity contribution is 7.12. The minimum Gasteiger partial charge on any atom is -0.487 e. The lowest BCUT2D eigenvalue weighted by molar-refractivity contribution is 0.103. The molecule has 0 aliphatic rings. The standard InChI is InChI=1S/C20H15N3O3S/c24-19-12-15(21-18-8-1-2-9-23(18)19)13-26-16-6-3-5-14(11-16)22-20(25)17-7-4-10-27-17/h1-12H,13H2,(H,22,25). The number of hydrogen-bond donors (Lipinski definition) is 1. The van der Waals surface area contributed by atoms with Gasteiger partial charge >= 0.3 is 0 Å². The monoisotopic (exact) mass is 377 g/mol. The number of nitrogens with one attached hydrogen (secondary N) is 1. The molecule has 0 aliphatic heterocycles. The molecule has 3 aromatic heterocycles. The summed E-state index contributed by atoms with van der Waals surface area (Å²) in [6.07, 6.45) is 1.68. The van der Waals surface area contributed by atoms with Crippen LogP contribution in [0.25, 0.3) is 5.65 Å². The molecule has 0 aliphatic carbocycles. The van der Waals surface area contributed by atoms with Crippen molar-refractivity contribution in [2.75, 3.05) is 5.32 Å². The second-order valence-electron chi connectivity index (χ2n) is 5.76. The number of carbonyl (C=O) groups is 1. The van der Waals surface area contributed by atoms with Crippen LogP contribution in [0, 0.1) is 0 Å². The first-order valence-electron chi connectivity index (χ1n) is 8.24. The van der Waals surface area contributed by atoms with Crippen LogP contribution in [0.3, 0.4) is 0 Å². The van der Waals surface area contributed by atoms with Gasteiger partial charge in [0.2, 0.25) is 0 Å². The van der Waals surface area contributed by atoms with Crippen LogP contribution in [0.1, 0.15) is 15.4 Å². The first-order chi connectivity index (χ1) is 13.2. The Balaban J connectivity index is 1.47. The average molecular weight is 377 g/mol. The molecule has 4 rings (SSSR count). The number of benzene rings is 1. The predicted octanol–water partition coefficient (Wildman–Crippen LogP) is 3.59. The van der Waals surface area contributed by atoms with Crippen molar-refractivity contribution in [3.8, 4) is 5.75 Å². The summed E-state index contributed by atoms with van der Waals surface area (Å²) in [4.78, 5) is 29.3. The first kappa shape index (κ1) is 17.0. The van der Waals surface area contributed by atoms with Crippen LogP contribution in [0.5, 0.6) is 5.75 Å². The van der Waals surface area contributed by atoms with E-state index in [1.54, 1.807) is 48.7 Å². The van der Waals surface area contributed by atoms with Gasteiger partial charge in [-0.15, -0.1) is 11.3 Å². The van der Waals surface area contributed by atoms with Gasteiger partial charge in [0.1, 0.15) is 18.0 Å². The molecule has 134 valence electrons. The molecule has 1 amide bonds. The summed E-state index contributed by atoms with van der Waals surface area (Å²) in [6.45, 7) is 0.156. The number of pyridine rings is 1. The lowest BCUT2D eigenvalue weighted by atomic mass is 10.3. The van der Waals surface area contributed by atoms with E-state index < -0.39 is 0 Å². The third-order valence-electron chi connectivity index (χ3n) is 3.85. The third kappa shape index (κ3) is 3.88. The topological polar surface area (TPSA) is 72.7 Å². The van der Waals surface area contributed by atoms with Crippen molar-refractivity contribution in [2.45, 2.75) is 6.61 Å². The highest BCUT2D eigenvalue weighted by Crippen LogP contribution is 2.20. The number of hydrogen-bond acceptors (Lipinski definition) is 5. The maximum atomic E-state index is 12.1. The summed E-state index contributed by atoms with van der Waals surface area (Å²) >= 11 is 1.38. The molecule has 6 nitrogen and oxygen atoms in total. The fourth-order valence-corrected chi connectivity index (χ4v) is 3.22. The van der Waals surface area contributed by atoms with E-state index in [9.17, 15) is 9.59 Å². The Morgan fingerprint density at radius 1 is 1.11 bits per heavy atom. The van der Waals surface area contributed by atoms with Gasteiger partial charge in [0.15, 0.2) is 0 Å². The molecule has 0 atom stereocenters. The summed E-state index contributed by atoms with van der Waals surface area (Å²) in [5, 5.41) is 4.69. The van der Waals surface area contributed by atoms with E-state index in [0.29, 0.717) is 27.7 Å². The van der Waals surface area contributed by atoms with E-state index in [2.05, 4.69) is 10.3 Å². The minimum atomic E-state index is -0.161. The lowest BCUT2D eigenvalue weighted by Gasteiger charge is -2.09. The molecule has 3 heterocycles. The predicted molar refractivity (Wildman–Crippen MR) is 105 cm³/mol. The smallest absolute Gasteiger partial charge is 0.265 e. The molecule has 0 bridgehead atoms. The van der Waals surface area contributed by atoms with E-state index in [1.165, 1.54) is 21.8 Å². The van der Waals surface area contributed by atoms with E-state index in [4.69, 9.17) is 4.74 Å². The number of amides is 1. The molecule has 0 spiro atoms. The molecule has 4 aromatic rings. The Labute approximate surface area is 158 Å². The highest BCUT2D eigenvalue weighted by atomic mass is 32.1. The van der Waals surface area contributed by atoms with Crippen LogP contribution < -0.4 is 15.6 Å². The summed E-state index contributed by atoms with van der Waals surface area (Å²) in [5.74, 6) is 0.417. The molecular weight excluding hydrogens is 362 g/mol. The number of carbonyl (C=O) groups excluding carboxylic acids is 1. The Morgan fingerprint density at radius 3 is 2.89 bits per heavy atom. The molecule has 0 radical (unpaired) electrons. The van der Waals surface area contributed by atoms with Crippen molar-refractivity contribution in [3.05, 3.63) is 93.2 Å². The summed E-state index contributed by atoms with van der Waals surface area (Å²) in [6, 6.07) is 17.5. The molecule has 7 heteroatoms. The Kier molecular flexibility index (Phi) is 4.67. The van der Waals surface area contributed by atoms with E-state index in [0.717, 1.165) is 0 Å². The molecule has 0 fully saturated rings. The van der Waals surface area contributed by atoms with Crippen molar-refractivity contribution >= 4 is 28.6 Å². The van der Waals surface area contributed by atoms with Gasteiger partial charge in [-0.05, 0) is 35.7 Å². The van der Waals surface area contributed by atoms with Gasteiger partial charge in [0.05, 0.1) is 10.6 Å². The molecule has 1 aromatic carbocycles. The van der Waals surface area contributed by atoms with Gasteiger partial charge in [-0.1, -0.05) is 18.2 Å². The van der Waals surface area contributed by atoms with Crippen molar-refractivity contribution in [1.29, 1.82) is 0 Å². The maximum Gasteiger partial charge on any atom is 0.265 e. The molecular formula is C20H15N3O3S. The van der Waals surface area contributed by atoms with Crippen LogP contribution in [0.2, 0.25) is 0 Å². The Bertz CT molecular complexity index is 1150. The minimum absolute atomic E-state index is 0.156. The summed E-state index contributed by atoms with van der Waals surface area (Å²) in [5.41, 5.74) is 1.59. The molecule has 0 saturated heterocycles. The normalized spacial score (nSPS) is 10.7. The summed E-state index contributed by atoms with van der Waals surface area (Å²) < 4.78 is 7.23. The Hall–Kier alpha value is -3.45. The van der Waals surface area contributed by atoms with Gasteiger partial charge in [-0.25, -0.2) is 4.98 Å². The van der Waals surface area contributed by atoms with Gasteiger partial charge in [-0.3, -0.25) is 14.0 Å². The van der Waals surface area contributed by atoms with Gasteiger partial charge in [0, 0.05) is 24.0 Å². The van der Waals surface area contributed by atoms with Crippen LogP contribution in [0.4, 0.5) is 5.69 Å². The van der Waals surface area contributed by atoms with Crippen molar-refractivity contribution < 1.29 is 9.53 Å². The second kappa shape index (κ2) is 7.43. The number of rotatable bonds is 5. The largest absolute Gasteiger partial charge is 0.487 e. The molecule has 0 saturated carbocycles. The lowest BCUT2D eigenvalue weighted by Crippen LogP contribution is -2.16. The number of nitrogens with zero attached hydrogens (tertiary/aromatic N) is 2. The second-order valence-corrected chi connectivity index (χ2v) is 6.71. The maximum absolute atomic E-state index is 12.1.